The molecule has 0 aliphatic heterocycles. The van der Waals surface area contributed by atoms with E-state index in [0.717, 1.165) is 16.7 Å². The molecule has 0 aliphatic carbocycles. The Kier molecular flexibility index (Phi) is 6.89. The zero-order valence-corrected chi connectivity index (χ0v) is 18.2. The second kappa shape index (κ2) is 9.19. The lowest BCUT2D eigenvalue weighted by Gasteiger charge is -2.15. The number of imidazole rings is 1. The van der Waals surface area contributed by atoms with Crippen molar-refractivity contribution in [2.75, 3.05) is 0 Å². The van der Waals surface area contributed by atoms with Gasteiger partial charge in [-0.05, 0) is 55.3 Å². The lowest BCUT2D eigenvalue weighted by atomic mass is 10.1. The summed E-state index contributed by atoms with van der Waals surface area (Å²) < 4.78 is 1.87. The predicted octanol–water partition coefficient (Wildman–Crippen LogP) is 6.99. The summed E-state index contributed by atoms with van der Waals surface area (Å²) >= 11 is 24.9. The van der Waals surface area contributed by atoms with E-state index in [-0.39, 0.29) is 6.10 Å². The minimum Gasteiger partial charge on any atom is -0.388 e. The number of rotatable bonds is 6. The summed E-state index contributed by atoms with van der Waals surface area (Å²) in [6.07, 6.45) is 4.87. The second-order valence-electron chi connectivity index (χ2n) is 6.25. The molecule has 4 nitrogen and oxygen atoms in total. The van der Waals surface area contributed by atoms with Crippen LogP contribution in [0.3, 0.4) is 0 Å². The molecule has 0 spiro atoms. The summed E-state index contributed by atoms with van der Waals surface area (Å²) in [5.74, 6) is 0. The van der Waals surface area contributed by atoms with Gasteiger partial charge in [-0.15, -0.1) is 0 Å². The molecule has 0 N–H and O–H groups in total. The second-order valence-corrected chi connectivity index (χ2v) is 7.91. The third-order valence-electron chi connectivity index (χ3n) is 4.23. The number of aromatic nitrogens is 2. The maximum atomic E-state index is 6.38. The van der Waals surface area contributed by atoms with Crippen molar-refractivity contribution in [2.24, 2.45) is 5.16 Å². The summed E-state index contributed by atoms with van der Waals surface area (Å²) in [4.78, 5) is 9.83. The molecule has 0 amide bonds. The summed E-state index contributed by atoms with van der Waals surface area (Å²) in [6, 6.07) is 8.90. The Morgan fingerprint density at radius 3 is 2.43 bits per heavy atom. The average Bonchev–Trinajstić information content (AvgIpc) is 3.16. The first-order valence-corrected chi connectivity index (χ1v) is 9.95. The summed E-state index contributed by atoms with van der Waals surface area (Å²) in [7, 11) is 0. The third-order valence-corrected chi connectivity index (χ3v) is 5.56. The van der Waals surface area contributed by atoms with Gasteiger partial charge in [0.05, 0.1) is 17.9 Å². The maximum absolute atomic E-state index is 6.38. The predicted molar refractivity (Wildman–Crippen MR) is 116 cm³/mol. The van der Waals surface area contributed by atoms with Gasteiger partial charge in [-0.1, -0.05) is 51.6 Å². The average molecular weight is 457 g/mol. The van der Waals surface area contributed by atoms with Crippen LogP contribution >= 0.6 is 46.4 Å². The molecule has 1 unspecified atom stereocenters. The molecular formula is C20H17Cl4N3O. The van der Waals surface area contributed by atoms with Gasteiger partial charge in [0.15, 0.2) is 0 Å². The van der Waals surface area contributed by atoms with E-state index in [0.29, 0.717) is 32.3 Å². The topological polar surface area (TPSA) is 39.4 Å². The smallest absolute Gasteiger partial charge is 0.149 e. The zero-order valence-electron chi connectivity index (χ0n) is 15.2. The fourth-order valence-electron chi connectivity index (χ4n) is 2.54. The fourth-order valence-corrected chi connectivity index (χ4v) is 3.56. The largest absolute Gasteiger partial charge is 0.388 e. The van der Waals surface area contributed by atoms with Crippen LogP contribution in [0.15, 0.2) is 54.2 Å². The highest BCUT2D eigenvalue weighted by Gasteiger charge is 2.14. The quantitative estimate of drug-likeness (QED) is 0.296. The highest BCUT2D eigenvalue weighted by Crippen LogP contribution is 2.30. The van der Waals surface area contributed by atoms with E-state index in [4.69, 9.17) is 51.2 Å². The normalized spacial score (nSPS) is 12.9. The van der Waals surface area contributed by atoms with Crippen LogP contribution < -0.4 is 0 Å². The molecule has 0 saturated carbocycles. The van der Waals surface area contributed by atoms with Gasteiger partial charge in [0.1, 0.15) is 11.8 Å². The molecule has 1 atom stereocenters. The summed E-state index contributed by atoms with van der Waals surface area (Å²) in [5, 5.41) is 6.58. The van der Waals surface area contributed by atoms with Crippen LogP contribution in [-0.4, -0.2) is 15.3 Å². The number of hydrogen-bond donors (Lipinski definition) is 0. The molecule has 0 aliphatic rings. The van der Waals surface area contributed by atoms with Gasteiger partial charge in [0, 0.05) is 33.0 Å². The van der Waals surface area contributed by atoms with Crippen molar-refractivity contribution in [3.63, 3.8) is 0 Å². The van der Waals surface area contributed by atoms with Crippen LogP contribution in [0, 0.1) is 6.92 Å². The summed E-state index contributed by atoms with van der Waals surface area (Å²) in [5.41, 5.74) is 3.02. The fraction of sp³-hybridized carbons (Fsp3) is 0.200. The number of nitrogens with zero attached hydrogens (tertiary/aromatic N) is 3. The van der Waals surface area contributed by atoms with Gasteiger partial charge in [-0.25, -0.2) is 4.98 Å². The molecule has 1 aromatic heterocycles. The van der Waals surface area contributed by atoms with Crippen molar-refractivity contribution in [2.45, 2.75) is 26.5 Å². The highest BCUT2D eigenvalue weighted by atomic mass is 35.5. The van der Waals surface area contributed by atoms with E-state index in [1.807, 2.05) is 42.8 Å². The lowest BCUT2D eigenvalue weighted by Crippen LogP contribution is -2.12. The molecule has 0 saturated heterocycles. The Balaban J connectivity index is 1.90. The van der Waals surface area contributed by atoms with E-state index >= 15 is 0 Å². The van der Waals surface area contributed by atoms with Crippen molar-refractivity contribution in [3.8, 4) is 0 Å². The molecule has 0 bridgehead atoms. The van der Waals surface area contributed by atoms with E-state index in [1.54, 1.807) is 24.7 Å². The van der Waals surface area contributed by atoms with Gasteiger partial charge < -0.3 is 9.40 Å². The van der Waals surface area contributed by atoms with Crippen molar-refractivity contribution in [3.05, 3.63) is 85.8 Å². The molecule has 2 aromatic carbocycles. The van der Waals surface area contributed by atoms with Crippen LogP contribution in [-0.2, 0) is 11.4 Å². The van der Waals surface area contributed by atoms with E-state index in [1.165, 1.54) is 0 Å². The summed E-state index contributed by atoms with van der Waals surface area (Å²) in [6.45, 7) is 4.17. The van der Waals surface area contributed by atoms with Gasteiger partial charge >= 0.3 is 0 Å². The van der Waals surface area contributed by atoms with Gasteiger partial charge in [-0.3, -0.25) is 0 Å². The first-order valence-electron chi connectivity index (χ1n) is 8.44. The van der Waals surface area contributed by atoms with E-state index in [9.17, 15) is 0 Å². The minimum absolute atomic E-state index is 0.362. The number of benzene rings is 2. The van der Waals surface area contributed by atoms with Crippen molar-refractivity contribution >= 4 is 52.1 Å². The number of halogens is 4. The molecule has 8 heteroatoms. The van der Waals surface area contributed by atoms with Crippen LogP contribution in [0.1, 0.15) is 29.7 Å². The highest BCUT2D eigenvalue weighted by molar-refractivity contribution is 6.37. The van der Waals surface area contributed by atoms with Crippen LogP contribution in [0.2, 0.25) is 20.1 Å². The molecule has 0 radical (unpaired) electrons. The Morgan fingerprint density at radius 2 is 1.82 bits per heavy atom. The molecule has 3 rings (SSSR count). The van der Waals surface area contributed by atoms with Crippen molar-refractivity contribution in [1.29, 1.82) is 0 Å². The Labute approximate surface area is 183 Å². The van der Waals surface area contributed by atoms with Crippen LogP contribution in [0.5, 0.6) is 0 Å². The first-order chi connectivity index (χ1) is 13.3. The van der Waals surface area contributed by atoms with Gasteiger partial charge in [-0.2, -0.15) is 0 Å². The molecular weight excluding hydrogens is 440 g/mol. The maximum Gasteiger partial charge on any atom is 0.149 e. The first kappa shape index (κ1) is 21.0. The number of oxime groups is 1. The molecule has 28 heavy (non-hydrogen) atoms. The van der Waals surface area contributed by atoms with E-state index in [2.05, 4.69) is 10.1 Å². The zero-order chi connectivity index (χ0) is 20.3. The molecule has 0 fully saturated rings. The standard InChI is InChI=1S/C20H17Cl4N3O/c1-12-17(22)7-14(8-18(12)23)13(2)28-26-20(10-27-6-5-25-11-27)16-4-3-15(21)9-19(16)24/h3-9,11,13H,10H2,1-2H3/b26-20-. The Morgan fingerprint density at radius 1 is 1.11 bits per heavy atom. The van der Waals surface area contributed by atoms with Crippen LogP contribution in [0.25, 0.3) is 0 Å². The van der Waals surface area contributed by atoms with Gasteiger partial charge in [0.25, 0.3) is 0 Å². The van der Waals surface area contributed by atoms with Crippen molar-refractivity contribution < 1.29 is 4.84 Å². The van der Waals surface area contributed by atoms with Gasteiger partial charge in [0.2, 0.25) is 0 Å². The van der Waals surface area contributed by atoms with Crippen LogP contribution in [0.4, 0.5) is 0 Å². The monoisotopic (exact) mass is 455 g/mol. The molecule has 146 valence electrons. The third kappa shape index (κ3) is 5.00. The Hall–Kier alpha value is -1.72. The Bertz CT molecular complexity index is 980. The SMILES string of the molecule is Cc1c(Cl)cc(C(C)O/N=C(/Cn2ccnc2)c2ccc(Cl)cc2Cl)cc1Cl. The van der Waals surface area contributed by atoms with Crippen molar-refractivity contribution in [1.82, 2.24) is 9.55 Å². The molecule has 3 aromatic rings. The molecule has 1 heterocycles. The minimum atomic E-state index is -0.362. The van der Waals surface area contributed by atoms with E-state index < -0.39 is 0 Å². The number of hydrogen-bond acceptors (Lipinski definition) is 3. The lowest BCUT2D eigenvalue weighted by molar-refractivity contribution is 0.0718.